The van der Waals surface area contributed by atoms with Crippen LogP contribution >= 0.6 is 22.9 Å². The van der Waals surface area contributed by atoms with Gasteiger partial charge in [0, 0.05) is 0 Å². The molecule has 70 valence electrons. The molecule has 0 saturated carbocycles. The molecule has 0 bridgehead atoms. The van der Waals surface area contributed by atoms with E-state index < -0.39 is 11.8 Å². The number of nitrogens with two attached hydrogens (primary N) is 1. The molecule has 0 fully saturated rings. The van der Waals surface area contributed by atoms with Crippen LogP contribution in [0.2, 0.25) is 0 Å². The number of hydrogen-bond donors (Lipinski definition) is 2. The molecule has 0 spiro atoms. The molecule has 0 saturated heterocycles. The smallest absolute Gasteiger partial charge is 0.279 e. The van der Waals surface area contributed by atoms with Crippen LogP contribution in [-0.4, -0.2) is 27.9 Å². The standard InChI is InChI=1S/C5H5ClN4O2S/c6-1-2(11)8-5-10-9-4(13-5)3(7)12/h1H2,(H2,7,12)(H,8,10,11). The molecule has 0 aliphatic rings. The summed E-state index contributed by atoms with van der Waals surface area (Å²) in [6, 6.07) is 0. The largest absolute Gasteiger partial charge is 0.363 e. The number of primary amides is 1. The Labute approximate surface area is 82.1 Å². The van der Waals surface area contributed by atoms with E-state index in [4.69, 9.17) is 17.3 Å². The van der Waals surface area contributed by atoms with Crippen LogP contribution in [0.4, 0.5) is 5.13 Å². The van der Waals surface area contributed by atoms with E-state index in [1.54, 1.807) is 0 Å². The fraction of sp³-hybridized carbons (Fsp3) is 0.200. The van der Waals surface area contributed by atoms with E-state index in [0.717, 1.165) is 11.3 Å². The van der Waals surface area contributed by atoms with Gasteiger partial charge in [-0.3, -0.25) is 14.9 Å². The Kier molecular flexibility index (Phi) is 3.15. The van der Waals surface area contributed by atoms with Crippen LogP contribution in [0, 0.1) is 0 Å². The second-order valence-corrected chi connectivity index (χ2v) is 3.20. The summed E-state index contributed by atoms with van der Waals surface area (Å²) in [6.07, 6.45) is 0. The van der Waals surface area contributed by atoms with Crippen LogP contribution in [0.3, 0.4) is 0 Å². The third kappa shape index (κ3) is 2.63. The minimum absolute atomic E-state index is 0.0462. The van der Waals surface area contributed by atoms with Crippen LogP contribution in [0.1, 0.15) is 9.80 Å². The topological polar surface area (TPSA) is 98.0 Å². The highest BCUT2D eigenvalue weighted by molar-refractivity contribution is 7.17. The van der Waals surface area contributed by atoms with Crippen LogP contribution in [0.25, 0.3) is 0 Å². The van der Waals surface area contributed by atoms with Gasteiger partial charge in [-0.25, -0.2) is 0 Å². The van der Waals surface area contributed by atoms with E-state index in [1.807, 2.05) is 0 Å². The number of anilines is 1. The lowest BCUT2D eigenvalue weighted by molar-refractivity contribution is -0.113. The van der Waals surface area contributed by atoms with Gasteiger partial charge in [0.15, 0.2) is 0 Å². The second-order valence-electron chi connectivity index (χ2n) is 1.96. The summed E-state index contributed by atoms with van der Waals surface area (Å²) in [5.74, 6) is -1.26. The first-order valence-electron chi connectivity index (χ1n) is 3.12. The number of amides is 2. The third-order valence-electron chi connectivity index (χ3n) is 1.00. The average molecular weight is 221 g/mol. The van der Waals surface area contributed by atoms with Gasteiger partial charge in [-0.15, -0.1) is 21.8 Å². The molecule has 0 aliphatic carbocycles. The zero-order chi connectivity index (χ0) is 9.84. The zero-order valence-corrected chi connectivity index (χ0v) is 7.85. The molecule has 1 aromatic rings. The molecule has 8 heteroatoms. The lowest BCUT2D eigenvalue weighted by atomic mass is 10.7. The highest BCUT2D eigenvalue weighted by Gasteiger charge is 2.10. The quantitative estimate of drug-likeness (QED) is 0.690. The summed E-state index contributed by atoms with van der Waals surface area (Å²) >= 11 is 6.12. The maximum absolute atomic E-state index is 10.7. The van der Waals surface area contributed by atoms with Gasteiger partial charge < -0.3 is 5.73 Å². The first-order valence-corrected chi connectivity index (χ1v) is 4.47. The molecule has 0 aliphatic heterocycles. The second kappa shape index (κ2) is 4.15. The van der Waals surface area contributed by atoms with Gasteiger partial charge in [-0.1, -0.05) is 11.3 Å². The lowest BCUT2D eigenvalue weighted by Crippen LogP contribution is -2.12. The van der Waals surface area contributed by atoms with E-state index >= 15 is 0 Å². The average Bonchev–Trinajstić information content (AvgIpc) is 2.52. The number of carbonyl (C=O) groups excluding carboxylic acids is 2. The van der Waals surface area contributed by atoms with Crippen molar-refractivity contribution in [3.63, 3.8) is 0 Å². The van der Waals surface area contributed by atoms with Crippen molar-refractivity contribution in [3.8, 4) is 0 Å². The number of nitrogens with one attached hydrogen (secondary N) is 1. The highest BCUT2D eigenvalue weighted by atomic mass is 35.5. The molecule has 0 unspecified atom stereocenters. The van der Waals surface area contributed by atoms with Gasteiger partial charge >= 0.3 is 0 Å². The van der Waals surface area contributed by atoms with E-state index in [9.17, 15) is 9.59 Å². The Morgan fingerprint density at radius 3 is 2.69 bits per heavy atom. The molecule has 6 nitrogen and oxygen atoms in total. The van der Waals surface area contributed by atoms with Gasteiger partial charge in [0.05, 0.1) is 0 Å². The highest BCUT2D eigenvalue weighted by Crippen LogP contribution is 2.13. The number of alkyl halides is 1. The normalized spacial score (nSPS) is 9.62. The van der Waals surface area contributed by atoms with Gasteiger partial charge in [0.25, 0.3) is 5.91 Å². The molecular weight excluding hydrogens is 216 g/mol. The first kappa shape index (κ1) is 9.87. The number of nitrogens with zero attached hydrogens (tertiary/aromatic N) is 2. The van der Waals surface area contributed by atoms with Crippen LogP contribution in [-0.2, 0) is 4.79 Å². The van der Waals surface area contributed by atoms with E-state index in [0.29, 0.717) is 0 Å². The fourth-order valence-electron chi connectivity index (χ4n) is 0.526. The molecule has 0 atom stereocenters. The SMILES string of the molecule is NC(=O)c1nnc(NC(=O)CCl)s1. The minimum atomic E-state index is -0.677. The molecule has 2 amide bonds. The molecule has 13 heavy (non-hydrogen) atoms. The lowest BCUT2D eigenvalue weighted by Gasteiger charge is -1.93. The van der Waals surface area contributed by atoms with Crippen molar-refractivity contribution < 1.29 is 9.59 Å². The fourth-order valence-corrected chi connectivity index (χ4v) is 1.20. The van der Waals surface area contributed by atoms with Crippen molar-refractivity contribution in [2.75, 3.05) is 11.2 Å². The van der Waals surface area contributed by atoms with Crippen molar-refractivity contribution in [2.24, 2.45) is 5.73 Å². The molecule has 1 aromatic heterocycles. The summed E-state index contributed by atoms with van der Waals surface area (Å²) in [4.78, 5) is 21.3. The van der Waals surface area contributed by atoms with E-state index in [1.165, 1.54) is 0 Å². The predicted molar refractivity (Wildman–Crippen MR) is 47.8 cm³/mol. The summed E-state index contributed by atoms with van der Waals surface area (Å²) < 4.78 is 0. The third-order valence-corrected chi connectivity index (χ3v) is 2.10. The van der Waals surface area contributed by atoms with Gasteiger partial charge in [0.1, 0.15) is 5.88 Å². The Hall–Kier alpha value is -1.21. The minimum Gasteiger partial charge on any atom is -0.363 e. The summed E-state index contributed by atoms with van der Waals surface area (Å²) in [5.41, 5.74) is 4.92. The Bertz CT molecular complexity index is 339. The first-order chi connectivity index (χ1) is 6.13. The maximum atomic E-state index is 10.7. The van der Waals surface area contributed by atoms with Gasteiger partial charge in [-0.05, 0) is 0 Å². The van der Waals surface area contributed by atoms with Crippen LogP contribution in [0.5, 0.6) is 0 Å². The molecule has 1 rings (SSSR count). The Morgan fingerprint density at radius 1 is 1.54 bits per heavy atom. The van der Waals surface area contributed by atoms with Crippen molar-refractivity contribution in [3.05, 3.63) is 5.01 Å². The zero-order valence-electron chi connectivity index (χ0n) is 6.28. The predicted octanol–water partition coefficient (Wildman–Crippen LogP) is -0.186. The van der Waals surface area contributed by atoms with E-state index in [2.05, 4.69) is 15.5 Å². The Balaban J connectivity index is 2.69. The monoisotopic (exact) mass is 220 g/mol. The number of halogens is 1. The molecule has 0 radical (unpaired) electrons. The Morgan fingerprint density at radius 2 is 2.23 bits per heavy atom. The molecular formula is C5H5ClN4O2S. The molecule has 3 N–H and O–H groups in total. The number of carbonyl (C=O) groups is 2. The van der Waals surface area contributed by atoms with Crippen molar-refractivity contribution in [1.29, 1.82) is 0 Å². The molecule has 0 aromatic carbocycles. The van der Waals surface area contributed by atoms with Gasteiger partial charge in [0.2, 0.25) is 16.0 Å². The summed E-state index contributed by atoms with van der Waals surface area (Å²) in [6.45, 7) is 0. The number of hydrogen-bond acceptors (Lipinski definition) is 5. The van der Waals surface area contributed by atoms with Crippen molar-refractivity contribution >= 4 is 39.9 Å². The van der Waals surface area contributed by atoms with Crippen LogP contribution in [0.15, 0.2) is 0 Å². The number of aromatic nitrogens is 2. The summed E-state index contributed by atoms with van der Waals surface area (Å²) in [5, 5.41) is 9.53. The van der Waals surface area contributed by atoms with Crippen molar-refractivity contribution in [2.45, 2.75) is 0 Å². The summed E-state index contributed by atoms with van der Waals surface area (Å²) in [7, 11) is 0. The molecule has 1 heterocycles. The van der Waals surface area contributed by atoms with Crippen LogP contribution < -0.4 is 11.1 Å². The van der Waals surface area contributed by atoms with E-state index in [-0.39, 0.29) is 16.0 Å². The van der Waals surface area contributed by atoms with Crippen molar-refractivity contribution in [1.82, 2.24) is 10.2 Å². The van der Waals surface area contributed by atoms with Gasteiger partial charge in [-0.2, -0.15) is 0 Å². The number of rotatable bonds is 3. The maximum Gasteiger partial charge on any atom is 0.279 e.